The summed E-state index contributed by atoms with van der Waals surface area (Å²) in [6.07, 6.45) is 5.84. The first kappa shape index (κ1) is 16.7. The fourth-order valence-electron chi connectivity index (χ4n) is 3.32. The maximum Gasteiger partial charge on any atom is 0.242 e. The van der Waals surface area contributed by atoms with E-state index in [9.17, 15) is 4.79 Å². The van der Waals surface area contributed by atoms with E-state index in [4.69, 9.17) is 4.52 Å². The standard InChI is InChI=1S/C17H25N5O2/c1-4-13(17(23)20-16-9-11(3)24-21-16)19-14-7-6-8-15-12(14)10-18-22(15)5-2/h9-10,13-14,19H,4-8H2,1-3H3,(H,20,21,23)/t13-,14+/m0/s1. The van der Waals surface area contributed by atoms with Gasteiger partial charge in [-0.25, -0.2) is 0 Å². The molecule has 2 aromatic heterocycles. The Morgan fingerprint density at radius 1 is 1.50 bits per heavy atom. The van der Waals surface area contributed by atoms with Crippen molar-refractivity contribution in [2.75, 3.05) is 5.32 Å². The summed E-state index contributed by atoms with van der Waals surface area (Å²) >= 11 is 0. The smallest absolute Gasteiger partial charge is 0.242 e. The highest BCUT2D eigenvalue weighted by molar-refractivity contribution is 5.94. The Balaban J connectivity index is 1.69. The molecule has 7 heteroatoms. The van der Waals surface area contributed by atoms with Crippen LogP contribution in [-0.2, 0) is 17.8 Å². The average molecular weight is 331 g/mol. The van der Waals surface area contributed by atoms with Crippen LogP contribution in [0.25, 0.3) is 0 Å². The molecule has 0 spiro atoms. The van der Waals surface area contributed by atoms with Gasteiger partial charge in [-0.1, -0.05) is 12.1 Å². The zero-order valence-corrected chi connectivity index (χ0v) is 14.5. The van der Waals surface area contributed by atoms with Gasteiger partial charge in [0.2, 0.25) is 5.91 Å². The Morgan fingerprint density at radius 3 is 3.00 bits per heavy atom. The van der Waals surface area contributed by atoms with Gasteiger partial charge in [0.05, 0.1) is 12.2 Å². The number of aromatic nitrogens is 3. The summed E-state index contributed by atoms with van der Waals surface area (Å²) in [7, 11) is 0. The zero-order chi connectivity index (χ0) is 17.1. The van der Waals surface area contributed by atoms with Crippen LogP contribution in [0.3, 0.4) is 0 Å². The molecule has 2 N–H and O–H groups in total. The Bertz CT molecular complexity index is 706. The lowest BCUT2D eigenvalue weighted by Gasteiger charge is -2.28. The van der Waals surface area contributed by atoms with Crippen molar-refractivity contribution in [1.82, 2.24) is 20.3 Å². The molecule has 2 aromatic rings. The second kappa shape index (κ2) is 7.17. The molecule has 0 aromatic carbocycles. The molecular formula is C17H25N5O2. The summed E-state index contributed by atoms with van der Waals surface area (Å²) < 4.78 is 7.05. The maximum atomic E-state index is 12.5. The summed E-state index contributed by atoms with van der Waals surface area (Å²) in [6.45, 7) is 6.79. The van der Waals surface area contributed by atoms with Crippen LogP contribution >= 0.6 is 0 Å². The molecule has 0 unspecified atom stereocenters. The fourth-order valence-corrected chi connectivity index (χ4v) is 3.32. The third kappa shape index (κ3) is 3.36. The van der Waals surface area contributed by atoms with Crippen LogP contribution in [-0.4, -0.2) is 26.9 Å². The van der Waals surface area contributed by atoms with Crippen molar-refractivity contribution < 1.29 is 9.32 Å². The number of carbonyl (C=O) groups is 1. The lowest BCUT2D eigenvalue weighted by molar-refractivity contribution is -0.118. The van der Waals surface area contributed by atoms with Crippen molar-refractivity contribution in [1.29, 1.82) is 0 Å². The highest BCUT2D eigenvalue weighted by Crippen LogP contribution is 2.30. The van der Waals surface area contributed by atoms with Crippen molar-refractivity contribution >= 4 is 11.7 Å². The number of hydrogen-bond donors (Lipinski definition) is 2. The monoisotopic (exact) mass is 331 g/mol. The minimum absolute atomic E-state index is 0.0826. The summed E-state index contributed by atoms with van der Waals surface area (Å²) in [5, 5.41) is 14.6. The topological polar surface area (TPSA) is 85.0 Å². The number of hydrogen-bond acceptors (Lipinski definition) is 5. The largest absolute Gasteiger partial charge is 0.360 e. The van der Waals surface area contributed by atoms with Crippen LogP contribution in [0.1, 0.15) is 56.2 Å². The van der Waals surface area contributed by atoms with Gasteiger partial charge in [-0.05, 0) is 39.5 Å². The van der Waals surface area contributed by atoms with Crippen LogP contribution < -0.4 is 10.6 Å². The van der Waals surface area contributed by atoms with Crippen LogP contribution in [0.4, 0.5) is 5.82 Å². The second-order valence-corrected chi connectivity index (χ2v) is 6.25. The highest BCUT2D eigenvalue weighted by atomic mass is 16.5. The molecule has 24 heavy (non-hydrogen) atoms. The quantitative estimate of drug-likeness (QED) is 0.850. The predicted molar refractivity (Wildman–Crippen MR) is 90.7 cm³/mol. The number of anilines is 1. The number of nitrogens with zero attached hydrogens (tertiary/aromatic N) is 3. The SMILES string of the molecule is CC[C@H](N[C@@H]1CCCc2c1cnn2CC)C(=O)Nc1cc(C)on1. The van der Waals surface area contributed by atoms with Crippen molar-refractivity contribution in [2.45, 2.75) is 65.1 Å². The van der Waals surface area contributed by atoms with Gasteiger partial charge >= 0.3 is 0 Å². The number of aryl methyl sites for hydroxylation is 2. The minimum Gasteiger partial charge on any atom is -0.360 e. The van der Waals surface area contributed by atoms with E-state index in [2.05, 4.69) is 32.5 Å². The van der Waals surface area contributed by atoms with Gasteiger partial charge in [0.1, 0.15) is 5.76 Å². The number of rotatable bonds is 6. The molecule has 1 aliphatic carbocycles. The van der Waals surface area contributed by atoms with Crippen LogP contribution in [0.2, 0.25) is 0 Å². The van der Waals surface area contributed by atoms with Crippen molar-refractivity contribution in [3.63, 3.8) is 0 Å². The summed E-state index contributed by atoms with van der Waals surface area (Å²) in [5.41, 5.74) is 2.52. The third-order valence-electron chi connectivity index (χ3n) is 4.57. The maximum absolute atomic E-state index is 12.5. The first-order chi connectivity index (χ1) is 11.6. The van der Waals surface area contributed by atoms with E-state index in [1.807, 2.05) is 13.1 Å². The molecule has 2 atom stereocenters. The van der Waals surface area contributed by atoms with E-state index in [1.54, 1.807) is 13.0 Å². The molecule has 0 aliphatic heterocycles. The Labute approximate surface area is 141 Å². The predicted octanol–water partition coefficient (Wildman–Crippen LogP) is 2.58. The first-order valence-electron chi connectivity index (χ1n) is 8.67. The zero-order valence-electron chi connectivity index (χ0n) is 14.5. The normalized spacial score (nSPS) is 18.2. The van der Waals surface area contributed by atoms with Crippen LogP contribution in [0.15, 0.2) is 16.8 Å². The molecule has 3 rings (SSSR count). The van der Waals surface area contributed by atoms with Crippen molar-refractivity contribution in [3.8, 4) is 0 Å². The molecule has 0 bridgehead atoms. The molecule has 1 amide bonds. The van der Waals surface area contributed by atoms with Gasteiger partial charge in [0.25, 0.3) is 0 Å². The van der Waals surface area contributed by atoms with E-state index in [1.165, 1.54) is 11.3 Å². The Hall–Kier alpha value is -2.15. The second-order valence-electron chi connectivity index (χ2n) is 6.25. The van der Waals surface area contributed by atoms with Gasteiger partial charge in [-0.3, -0.25) is 14.8 Å². The van der Waals surface area contributed by atoms with Gasteiger partial charge in [-0.15, -0.1) is 0 Å². The number of carbonyl (C=O) groups excluding carboxylic acids is 1. The number of fused-ring (bicyclic) bond motifs is 1. The third-order valence-corrected chi connectivity index (χ3v) is 4.57. The summed E-state index contributed by atoms with van der Waals surface area (Å²) in [5.74, 6) is 1.05. The summed E-state index contributed by atoms with van der Waals surface area (Å²) in [6, 6.07) is 1.61. The average Bonchev–Trinajstić information content (AvgIpc) is 3.18. The molecule has 0 saturated heterocycles. The minimum atomic E-state index is -0.275. The molecular weight excluding hydrogens is 306 g/mol. The first-order valence-corrected chi connectivity index (χ1v) is 8.67. The highest BCUT2D eigenvalue weighted by Gasteiger charge is 2.28. The van der Waals surface area contributed by atoms with E-state index < -0.39 is 0 Å². The lowest BCUT2D eigenvalue weighted by Crippen LogP contribution is -2.42. The molecule has 0 radical (unpaired) electrons. The van der Waals surface area contributed by atoms with Gasteiger partial charge in [-0.2, -0.15) is 5.10 Å². The fraction of sp³-hybridized carbons (Fsp3) is 0.588. The Morgan fingerprint density at radius 2 is 2.33 bits per heavy atom. The Kier molecular flexibility index (Phi) is 4.99. The molecule has 2 heterocycles. The van der Waals surface area contributed by atoms with E-state index >= 15 is 0 Å². The summed E-state index contributed by atoms with van der Waals surface area (Å²) in [4.78, 5) is 12.5. The molecule has 7 nitrogen and oxygen atoms in total. The van der Waals surface area contributed by atoms with Gasteiger partial charge in [0, 0.05) is 29.9 Å². The molecule has 130 valence electrons. The molecule has 1 aliphatic rings. The van der Waals surface area contributed by atoms with E-state index in [-0.39, 0.29) is 18.0 Å². The van der Waals surface area contributed by atoms with Crippen molar-refractivity contribution in [2.24, 2.45) is 0 Å². The van der Waals surface area contributed by atoms with E-state index in [0.717, 1.165) is 25.8 Å². The van der Waals surface area contributed by atoms with Gasteiger partial charge < -0.3 is 9.84 Å². The molecule has 0 fully saturated rings. The van der Waals surface area contributed by atoms with Crippen LogP contribution in [0.5, 0.6) is 0 Å². The number of nitrogens with one attached hydrogen (secondary N) is 2. The number of amides is 1. The molecule has 0 saturated carbocycles. The van der Waals surface area contributed by atoms with Gasteiger partial charge in [0.15, 0.2) is 5.82 Å². The van der Waals surface area contributed by atoms with Crippen molar-refractivity contribution in [3.05, 3.63) is 29.3 Å². The van der Waals surface area contributed by atoms with Crippen LogP contribution in [0, 0.1) is 6.92 Å². The van der Waals surface area contributed by atoms with E-state index in [0.29, 0.717) is 18.0 Å². The lowest BCUT2D eigenvalue weighted by atomic mass is 9.92.